The fourth-order valence-electron chi connectivity index (χ4n) is 9.45. The zero-order chi connectivity index (χ0) is 17.4. The van der Waals surface area contributed by atoms with Crippen LogP contribution in [0.15, 0.2) is 0 Å². The molecule has 0 amide bonds. The molecule has 6 fully saturated rings. The van der Waals surface area contributed by atoms with Crippen molar-refractivity contribution < 1.29 is 9.59 Å². The molecule has 6 aliphatic rings. The van der Waals surface area contributed by atoms with Gasteiger partial charge in [-0.15, -0.1) is 0 Å². The van der Waals surface area contributed by atoms with Gasteiger partial charge in [-0.2, -0.15) is 0 Å². The Kier molecular flexibility index (Phi) is 3.71. The summed E-state index contributed by atoms with van der Waals surface area (Å²) in [6.45, 7) is 0. The molecular formula is C24H34O2. The van der Waals surface area contributed by atoms with Crippen LogP contribution < -0.4 is 0 Å². The summed E-state index contributed by atoms with van der Waals surface area (Å²) in [6.07, 6.45) is 15.1. The van der Waals surface area contributed by atoms with Crippen LogP contribution in [-0.4, -0.2) is 11.6 Å². The molecule has 142 valence electrons. The van der Waals surface area contributed by atoms with Gasteiger partial charge >= 0.3 is 0 Å². The number of carbonyl (C=O) groups excluding carboxylic acids is 2. The van der Waals surface area contributed by atoms with Crippen LogP contribution in [-0.2, 0) is 9.59 Å². The van der Waals surface area contributed by atoms with Crippen LogP contribution in [0.2, 0.25) is 0 Å². The van der Waals surface area contributed by atoms with E-state index in [0.29, 0.717) is 58.9 Å². The maximum Gasteiger partial charge on any atom is 0.139 e. The van der Waals surface area contributed by atoms with Crippen molar-refractivity contribution in [3.05, 3.63) is 0 Å². The maximum absolute atomic E-state index is 13.2. The molecule has 6 rings (SSSR count). The summed E-state index contributed by atoms with van der Waals surface area (Å²) in [5.74, 6) is 7.11. The topological polar surface area (TPSA) is 34.1 Å². The largest absolute Gasteiger partial charge is 0.299 e. The van der Waals surface area contributed by atoms with Gasteiger partial charge in [0.1, 0.15) is 11.6 Å². The molecule has 0 aromatic heterocycles. The van der Waals surface area contributed by atoms with Crippen molar-refractivity contribution in [3.8, 4) is 0 Å². The molecule has 0 heterocycles. The van der Waals surface area contributed by atoms with Crippen molar-refractivity contribution in [2.75, 3.05) is 0 Å². The number of ketones is 2. The Labute approximate surface area is 157 Å². The smallest absolute Gasteiger partial charge is 0.139 e. The third-order valence-electron chi connectivity index (χ3n) is 10.1. The lowest BCUT2D eigenvalue weighted by Crippen LogP contribution is -2.47. The minimum absolute atomic E-state index is 0.376. The highest BCUT2D eigenvalue weighted by Crippen LogP contribution is 2.65. The van der Waals surface area contributed by atoms with Gasteiger partial charge in [-0.05, 0) is 86.9 Å². The van der Waals surface area contributed by atoms with Gasteiger partial charge in [-0.25, -0.2) is 0 Å². The van der Waals surface area contributed by atoms with E-state index in [-0.39, 0.29) is 0 Å². The lowest BCUT2D eigenvalue weighted by molar-refractivity contribution is -0.128. The molecule has 2 heteroatoms. The van der Waals surface area contributed by atoms with Crippen LogP contribution in [0, 0.1) is 59.2 Å². The van der Waals surface area contributed by atoms with E-state index in [1.807, 2.05) is 0 Å². The number of carbonyl (C=O) groups is 2. The second-order valence-corrected chi connectivity index (χ2v) is 10.8. The van der Waals surface area contributed by atoms with Gasteiger partial charge in [0.15, 0.2) is 0 Å². The zero-order valence-corrected chi connectivity index (χ0v) is 16.1. The monoisotopic (exact) mass is 354 g/mol. The first-order valence-corrected chi connectivity index (χ1v) is 11.8. The number of rotatable bonds is 0. The Morgan fingerprint density at radius 3 is 1.42 bits per heavy atom. The van der Waals surface area contributed by atoms with Gasteiger partial charge in [-0.1, -0.05) is 25.7 Å². The van der Waals surface area contributed by atoms with E-state index in [1.165, 1.54) is 77.0 Å². The van der Waals surface area contributed by atoms with Crippen molar-refractivity contribution in [1.29, 1.82) is 0 Å². The normalized spacial score (nSPS) is 55.5. The first-order valence-electron chi connectivity index (χ1n) is 11.8. The fourth-order valence-corrected chi connectivity index (χ4v) is 9.45. The molecule has 0 saturated heterocycles. The number of hydrogen-bond donors (Lipinski definition) is 0. The van der Waals surface area contributed by atoms with E-state index in [9.17, 15) is 9.59 Å². The highest BCUT2D eigenvalue weighted by atomic mass is 16.1. The Morgan fingerprint density at radius 1 is 0.462 bits per heavy atom. The van der Waals surface area contributed by atoms with Crippen molar-refractivity contribution in [2.45, 2.75) is 77.0 Å². The van der Waals surface area contributed by atoms with Gasteiger partial charge in [0.25, 0.3) is 0 Å². The molecule has 8 unspecified atom stereocenters. The highest BCUT2D eigenvalue weighted by molar-refractivity contribution is 5.88. The average molecular weight is 355 g/mol. The molecule has 0 bridgehead atoms. The fraction of sp³-hybridized carbons (Fsp3) is 0.917. The third kappa shape index (κ3) is 2.05. The summed E-state index contributed by atoms with van der Waals surface area (Å²) in [5.41, 5.74) is 0. The second kappa shape index (κ2) is 5.92. The quantitative estimate of drug-likeness (QED) is 0.610. The third-order valence-corrected chi connectivity index (χ3v) is 10.1. The van der Waals surface area contributed by atoms with E-state index in [1.54, 1.807) is 0 Å². The molecule has 6 saturated carbocycles. The van der Waals surface area contributed by atoms with Gasteiger partial charge in [0, 0.05) is 23.7 Å². The van der Waals surface area contributed by atoms with Crippen LogP contribution in [0.1, 0.15) is 77.0 Å². The van der Waals surface area contributed by atoms with E-state index < -0.39 is 0 Å². The summed E-state index contributed by atoms with van der Waals surface area (Å²) in [6, 6.07) is 0. The van der Waals surface area contributed by atoms with Crippen LogP contribution in [0.3, 0.4) is 0 Å². The van der Waals surface area contributed by atoms with Crippen LogP contribution >= 0.6 is 0 Å². The molecule has 0 aromatic rings. The molecule has 0 aromatic carbocycles. The van der Waals surface area contributed by atoms with Gasteiger partial charge in [-0.3, -0.25) is 9.59 Å². The van der Waals surface area contributed by atoms with E-state index in [0.717, 1.165) is 11.8 Å². The lowest BCUT2D eigenvalue weighted by Gasteiger charge is -2.51. The van der Waals surface area contributed by atoms with E-state index in [4.69, 9.17) is 0 Å². The standard InChI is InChI=1S/C24H34O2/c25-23-16-7-3-1-5-14(16)21-18(23)11-9-13-10-12-19-22(20(13)21)15-6-2-4-8-17(15)24(19)26/h13-22H,1-12H2. The Morgan fingerprint density at radius 2 is 0.923 bits per heavy atom. The Bertz CT molecular complexity index is 572. The first-order chi connectivity index (χ1) is 12.8. The minimum Gasteiger partial charge on any atom is -0.299 e. The molecule has 0 spiro atoms. The van der Waals surface area contributed by atoms with Gasteiger partial charge < -0.3 is 0 Å². The van der Waals surface area contributed by atoms with Crippen LogP contribution in [0.5, 0.6) is 0 Å². The van der Waals surface area contributed by atoms with Crippen molar-refractivity contribution in [2.24, 2.45) is 59.2 Å². The predicted octanol–water partition coefficient (Wildman–Crippen LogP) is 5.05. The van der Waals surface area contributed by atoms with E-state index >= 15 is 0 Å². The van der Waals surface area contributed by atoms with Crippen molar-refractivity contribution >= 4 is 11.6 Å². The molecular weight excluding hydrogens is 320 g/mol. The molecule has 2 nitrogen and oxygen atoms in total. The summed E-state index contributed by atoms with van der Waals surface area (Å²) in [7, 11) is 0. The van der Waals surface area contributed by atoms with Gasteiger partial charge in [0.2, 0.25) is 0 Å². The SMILES string of the molecule is O=C1C2CCCCC2C2C1CCC1CCC3C(=O)C4CCCCC4C3C12. The van der Waals surface area contributed by atoms with E-state index in [2.05, 4.69) is 0 Å². The second-order valence-electron chi connectivity index (χ2n) is 10.8. The summed E-state index contributed by atoms with van der Waals surface area (Å²) in [4.78, 5) is 26.4. The molecule has 8 atom stereocenters. The van der Waals surface area contributed by atoms with Crippen molar-refractivity contribution in [3.63, 3.8) is 0 Å². The summed E-state index contributed by atoms with van der Waals surface area (Å²) >= 11 is 0. The van der Waals surface area contributed by atoms with Gasteiger partial charge in [0.05, 0.1) is 0 Å². The molecule has 0 radical (unpaired) electrons. The summed E-state index contributed by atoms with van der Waals surface area (Å²) in [5, 5.41) is 0. The Balaban J connectivity index is 1.40. The first kappa shape index (κ1) is 16.3. The van der Waals surface area contributed by atoms with Crippen LogP contribution in [0.25, 0.3) is 0 Å². The molecule has 0 aliphatic heterocycles. The minimum atomic E-state index is 0.376. The molecule has 6 aliphatic carbocycles. The lowest BCUT2D eigenvalue weighted by atomic mass is 9.52. The average Bonchev–Trinajstić information content (AvgIpc) is 3.15. The highest BCUT2D eigenvalue weighted by Gasteiger charge is 2.63. The molecule has 26 heavy (non-hydrogen) atoms. The Hall–Kier alpha value is -0.660. The maximum atomic E-state index is 13.2. The number of fused-ring (bicyclic) bond motifs is 9. The molecule has 0 N–H and O–H groups in total. The zero-order valence-electron chi connectivity index (χ0n) is 16.1. The van der Waals surface area contributed by atoms with Crippen molar-refractivity contribution in [1.82, 2.24) is 0 Å². The van der Waals surface area contributed by atoms with Crippen LogP contribution in [0.4, 0.5) is 0 Å². The number of Topliss-reactive ketones (excluding diaryl/α,β-unsaturated/α-hetero) is 2. The summed E-state index contributed by atoms with van der Waals surface area (Å²) < 4.78 is 0. The number of hydrogen-bond acceptors (Lipinski definition) is 2. The predicted molar refractivity (Wildman–Crippen MR) is 100 cm³/mol.